The Morgan fingerprint density at radius 1 is 1.10 bits per heavy atom. The first-order valence-electron chi connectivity index (χ1n) is 8.65. The molecule has 0 heterocycles. The monoisotopic (exact) mass is 289 g/mol. The molecule has 1 unspecified atom stereocenters. The van der Waals surface area contributed by atoms with Gasteiger partial charge in [-0.2, -0.15) is 0 Å². The normalized spacial score (nSPS) is 17.3. The number of ether oxygens (including phenoxy) is 1. The average molecular weight is 289 g/mol. The van der Waals surface area contributed by atoms with Gasteiger partial charge in [0.15, 0.2) is 0 Å². The predicted octanol–water partition coefficient (Wildman–Crippen LogP) is 5.09. The predicted molar refractivity (Wildman–Crippen MR) is 89.8 cm³/mol. The first-order valence-corrected chi connectivity index (χ1v) is 8.65. The molecule has 1 saturated carbocycles. The van der Waals surface area contributed by atoms with Gasteiger partial charge < -0.3 is 10.1 Å². The van der Waals surface area contributed by atoms with E-state index in [1.807, 2.05) is 0 Å². The summed E-state index contributed by atoms with van der Waals surface area (Å²) >= 11 is 0. The summed E-state index contributed by atoms with van der Waals surface area (Å²) in [7, 11) is 0. The van der Waals surface area contributed by atoms with Gasteiger partial charge in [0.05, 0.1) is 6.10 Å². The van der Waals surface area contributed by atoms with Crippen molar-refractivity contribution in [1.29, 1.82) is 0 Å². The Morgan fingerprint density at radius 3 is 2.38 bits per heavy atom. The third-order valence-corrected chi connectivity index (χ3v) is 4.47. The topological polar surface area (TPSA) is 21.3 Å². The van der Waals surface area contributed by atoms with Gasteiger partial charge >= 0.3 is 0 Å². The second-order valence-electron chi connectivity index (χ2n) is 6.70. The van der Waals surface area contributed by atoms with Crippen molar-refractivity contribution in [2.75, 3.05) is 6.54 Å². The van der Waals surface area contributed by atoms with Crippen LogP contribution in [0.2, 0.25) is 0 Å². The molecular formula is C19H31NO. The van der Waals surface area contributed by atoms with Crippen molar-refractivity contribution in [2.24, 2.45) is 5.92 Å². The van der Waals surface area contributed by atoms with Crippen molar-refractivity contribution in [1.82, 2.24) is 5.32 Å². The van der Waals surface area contributed by atoms with Crippen molar-refractivity contribution < 1.29 is 4.74 Å². The number of hydrogen-bond acceptors (Lipinski definition) is 2. The van der Waals surface area contributed by atoms with E-state index in [1.165, 1.54) is 44.1 Å². The second kappa shape index (κ2) is 8.43. The smallest absolute Gasteiger partial charge is 0.119 e. The van der Waals surface area contributed by atoms with E-state index in [0.717, 1.165) is 18.2 Å². The maximum absolute atomic E-state index is 5.68. The molecule has 2 heteroatoms. The fraction of sp³-hybridized carbons (Fsp3) is 0.684. The maximum atomic E-state index is 5.68. The van der Waals surface area contributed by atoms with Crippen molar-refractivity contribution in [3.05, 3.63) is 29.8 Å². The Morgan fingerprint density at radius 2 is 1.76 bits per heavy atom. The Labute approximate surface area is 130 Å². The van der Waals surface area contributed by atoms with Gasteiger partial charge in [-0.1, -0.05) is 37.8 Å². The van der Waals surface area contributed by atoms with Gasteiger partial charge in [0.25, 0.3) is 0 Å². The molecule has 0 bridgehead atoms. The molecule has 1 aliphatic rings. The molecule has 2 rings (SSSR count). The lowest BCUT2D eigenvalue weighted by Gasteiger charge is -2.16. The average Bonchev–Trinajstić information content (AvgIpc) is 2.97. The van der Waals surface area contributed by atoms with E-state index in [2.05, 4.69) is 50.4 Å². The van der Waals surface area contributed by atoms with E-state index < -0.39 is 0 Å². The summed E-state index contributed by atoms with van der Waals surface area (Å²) in [6.45, 7) is 7.49. The summed E-state index contributed by atoms with van der Waals surface area (Å²) in [4.78, 5) is 0. The van der Waals surface area contributed by atoms with Crippen molar-refractivity contribution in [2.45, 2.75) is 71.4 Å². The molecule has 0 spiro atoms. The second-order valence-corrected chi connectivity index (χ2v) is 6.70. The lowest BCUT2D eigenvalue weighted by atomic mass is 10.0. The summed E-state index contributed by atoms with van der Waals surface area (Å²) in [5, 5.41) is 3.64. The van der Waals surface area contributed by atoms with Crippen LogP contribution in [0.25, 0.3) is 0 Å². The molecule has 1 atom stereocenters. The molecule has 21 heavy (non-hydrogen) atoms. The molecule has 2 nitrogen and oxygen atoms in total. The highest BCUT2D eigenvalue weighted by Crippen LogP contribution is 2.28. The van der Waals surface area contributed by atoms with E-state index >= 15 is 0 Å². The van der Waals surface area contributed by atoms with E-state index in [0.29, 0.717) is 6.04 Å². The van der Waals surface area contributed by atoms with Crippen LogP contribution in [0.15, 0.2) is 24.3 Å². The Bertz CT molecular complexity index is 393. The number of nitrogens with one attached hydrogen (secondary N) is 1. The lowest BCUT2D eigenvalue weighted by Crippen LogP contribution is -2.20. The molecule has 118 valence electrons. The summed E-state index contributed by atoms with van der Waals surface area (Å²) < 4.78 is 5.68. The Kier molecular flexibility index (Phi) is 6.56. The van der Waals surface area contributed by atoms with Gasteiger partial charge in [0.1, 0.15) is 5.75 Å². The third-order valence-electron chi connectivity index (χ3n) is 4.47. The van der Waals surface area contributed by atoms with E-state index in [4.69, 9.17) is 4.74 Å². The number of hydrogen-bond donors (Lipinski definition) is 1. The van der Waals surface area contributed by atoms with Gasteiger partial charge in [0, 0.05) is 6.04 Å². The standard InChI is InChI=1S/C19H31NO/c1-15(2)21-19-12-10-18(11-13-19)16(3)20-14-6-9-17-7-4-5-8-17/h10-13,15-17,20H,4-9,14H2,1-3H3. The molecule has 0 aliphatic heterocycles. The van der Waals surface area contributed by atoms with Gasteiger partial charge in [-0.25, -0.2) is 0 Å². The van der Waals surface area contributed by atoms with Gasteiger partial charge in [-0.05, 0) is 63.8 Å². The zero-order valence-corrected chi connectivity index (χ0v) is 13.9. The van der Waals surface area contributed by atoms with Crippen LogP contribution in [0, 0.1) is 5.92 Å². The maximum Gasteiger partial charge on any atom is 0.119 e. The van der Waals surface area contributed by atoms with E-state index in [1.54, 1.807) is 0 Å². The third kappa shape index (κ3) is 5.70. The first kappa shape index (κ1) is 16.4. The number of benzene rings is 1. The van der Waals surface area contributed by atoms with Crippen LogP contribution in [0.5, 0.6) is 5.75 Å². The molecule has 0 aromatic heterocycles. The van der Waals surface area contributed by atoms with Crippen molar-refractivity contribution in [3.8, 4) is 5.75 Å². The molecule has 1 aliphatic carbocycles. The van der Waals surface area contributed by atoms with E-state index in [9.17, 15) is 0 Å². The van der Waals surface area contributed by atoms with Crippen LogP contribution >= 0.6 is 0 Å². The molecule has 1 fully saturated rings. The minimum atomic E-state index is 0.238. The minimum Gasteiger partial charge on any atom is -0.491 e. The van der Waals surface area contributed by atoms with Crippen molar-refractivity contribution in [3.63, 3.8) is 0 Å². The zero-order chi connectivity index (χ0) is 15.1. The fourth-order valence-electron chi connectivity index (χ4n) is 3.23. The molecule has 0 amide bonds. The van der Waals surface area contributed by atoms with Gasteiger partial charge in [0.2, 0.25) is 0 Å². The zero-order valence-electron chi connectivity index (χ0n) is 13.9. The van der Waals surface area contributed by atoms with Crippen LogP contribution in [0.1, 0.15) is 70.9 Å². The largest absolute Gasteiger partial charge is 0.491 e. The quantitative estimate of drug-likeness (QED) is 0.673. The summed E-state index contributed by atoms with van der Waals surface area (Å²) in [5.74, 6) is 1.97. The SMILES string of the molecule is CC(C)Oc1ccc(C(C)NCCCC2CCCC2)cc1. The molecule has 0 radical (unpaired) electrons. The summed E-state index contributed by atoms with van der Waals surface area (Å²) in [6, 6.07) is 8.92. The first-order chi connectivity index (χ1) is 10.1. The summed E-state index contributed by atoms with van der Waals surface area (Å²) in [6.07, 6.45) is 8.80. The van der Waals surface area contributed by atoms with Gasteiger partial charge in [-0.3, -0.25) is 0 Å². The summed E-state index contributed by atoms with van der Waals surface area (Å²) in [5.41, 5.74) is 1.34. The molecule has 1 aromatic rings. The van der Waals surface area contributed by atoms with E-state index in [-0.39, 0.29) is 6.10 Å². The minimum absolute atomic E-state index is 0.238. The highest BCUT2D eigenvalue weighted by Gasteiger charge is 2.14. The van der Waals surface area contributed by atoms with Crippen LogP contribution in [0.4, 0.5) is 0 Å². The van der Waals surface area contributed by atoms with Crippen LogP contribution in [-0.4, -0.2) is 12.6 Å². The molecule has 1 aromatic carbocycles. The highest BCUT2D eigenvalue weighted by atomic mass is 16.5. The molecular weight excluding hydrogens is 258 g/mol. The van der Waals surface area contributed by atoms with Crippen LogP contribution < -0.4 is 10.1 Å². The Hall–Kier alpha value is -1.02. The lowest BCUT2D eigenvalue weighted by molar-refractivity contribution is 0.242. The highest BCUT2D eigenvalue weighted by molar-refractivity contribution is 5.29. The van der Waals surface area contributed by atoms with Crippen LogP contribution in [-0.2, 0) is 0 Å². The van der Waals surface area contributed by atoms with Crippen molar-refractivity contribution >= 4 is 0 Å². The van der Waals surface area contributed by atoms with Crippen LogP contribution in [0.3, 0.4) is 0 Å². The number of rotatable bonds is 8. The Balaban J connectivity index is 1.68. The van der Waals surface area contributed by atoms with Gasteiger partial charge in [-0.15, -0.1) is 0 Å². The molecule has 0 saturated heterocycles. The molecule has 1 N–H and O–H groups in total. The fourth-order valence-corrected chi connectivity index (χ4v) is 3.23.